The number of carbonyl (C=O) groups is 1. The number of methoxy groups -OCH3 is 2. The summed E-state index contributed by atoms with van der Waals surface area (Å²) in [5, 5.41) is 17.4. The summed E-state index contributed by atoms with van der Waals surface area (Å²) >= 11 is 2.97. The number of nitrogens with zero attached hydrogens (tertiary/aromatic N) is 5. The van der Waals surface area contributed by atoms with Gasteiger partial charge in [0, 0.05) is 12.6 Å². The van der Waals surface area contributed by atoms with Gasteiger partial charge in [-0.25, -0.2) is 5.01 Å². The zero-order valence-corrected chi connectivity index (χ0v) is 19.7. The van der Waals surface area contributed by atoms with Gasteiger partial charge in [0.1, 0.15) is 0 Å². The Morgan fingerprint density at radius 3 is 2.79 bits per heavy atom. The number of amides is 1. The largest absolute Gasteiger partial charge is 0.493 e. The maximum absolute atomic E-state index is 13.3. The minimum absolute atomic E-state index is 0.0981. The number of thioether (sulfide) groups is 1. The van der Waals surface area contributed by atoms with Crippen LogP contribution in [0.2, 0.25) is 0 Å². The molecule has 0 bridgehead atoms. The van der Waals surface area contributed by atoms with E-state index in [0.29, 0.717) is 23.1 Å². The molecule has 10 heteroatoms. The Morgan fingerprint density at radius 1 is 1.12 bits per heavy atom. The van der Waals surface area contributed by atoms with E-state index in [0.717, 1.165) is 21.8 Å². The summed E-state index contributed by atoms with van der Waals surface area (Å²) in [4.78, 5) is 14.4. The third-order valence-electron chi connectivity index (χ3n) is 5.37. The Kier molecular flexibility index (Phi) is 6.01. The number of fused-ring (bicyclic) bond motifs is 1. The standard InChI is InChI=1S/C23H21N5O3S2/c1-30-18-9-8-15(12-19(18)31-2)17-13-16(20-6-5-11-32-20)26-28(17)22(29)14-33-23-25-24-21-7-3-4-10-27(21)23/h3-12,17H,13-14H2,1-2H3. The first-order chi connectivity index (χ1) is 16.2. The molecule has 0 N–H and O–H groups in total. The highest BCUT2D eigenvalue weighted by Crippen LogP contribution is 2.38. The molecule has 1 aliphatic rings. The lowest BCUT2D eigenvalue weighted by Gasteiger charge is -2.22. The normalized spacial score (nSPS) is 15.6. The van der Waals surface area contributed by atoms with Gasteiger partial charge in [-0.15, -0.1) is 21.5 Å². The van der Waals surface area contributed by atoms with E-state index < -0.39 is 0 Å². The SMILES string of the molecule is COc1ccc(C2CC(c3cccs3)=NN2C(=O)CSc2nnc3ccccn23)cc1OC. The topological polar surface area (TPSA) is 81.3 Å². The van der Waals surface area contributed by atoms with Crippen LogP contribution in [0, 0.1) is 0 Å². The average molecular weight is 480 g/mol. The van der Waals surface area contributed by atoms with Crippen LogP contribution in [-0.2, 0) is 4.79 Å². The number of pyridine rings is 1. The minimum atomic E-state index is -0.231. The van der Waals surface area contributed by atoms with Crippen LogP contribution in [0.4, 0.5) is 0 Å². The van der Waals surface area contributed by atoms with Crippen LogP contribution in [0.25, 0.3) is 5.65 Å². The molecule has 4 heterocycles. The van der Waals surface area contributed by atoms with Crippen LogP contribution in [-0.4, -0.2) is 51.2 Å². The molecule has 0 aliphatic carbocycles. The van der Waals surface area contributed by atoms with Crippen molar-refractivity contribution in [1.29, 1.82) is 0 Å². The van der Waals surface area contributed by atoms with Crippen molar-refractivity contribution in [2.24, 2.45) is 5.10 Å². The predicted molar refractivity (Wildman–Crippen MR) is 128 cm³/mol. The second kappa shape index (κ2) is 9.24. The van der Waals surface area contributed by atoms with Gasteiger partial charge < -0.3 is 9.47 Å². The van der Waals surface area contributed by atoms with Crippen molar-refractivity contribution in [1.82, 2.24) is 19.6 Å². The van der Waals surface area contributed by atoms with Gasteiger partial charge in [-0.3, -0.25) is 9.20 Å². The molecular weight excluding hydrogens is 458 g/mol. The van der Waals surface area contributed by atoms with Crippen LogP contribution < -0.4 is 9.47 Å². The number of rotatable bonds is 7. The predicted octanol–water partition coefficient (Wildman–Crippen LogP) is 4.28. The zero-order valence-electron chi connectivity index (χ0n) is 18.0. The lowest BCUT2D eigenvalue weighted by molar-refractivity contribution is -0.130. The van der Waals surface area contributed by atoms with E-state index in [9.17, 15) is 4.79 Å². The Bertz CT molecular complexity index is 1320. The van der Waals surface area contributed by atoms with E-state index >= 15 is 0 Å². The second-order valence-corrected chi connectivity index (χ2v) is 9.19. The number of hydrogen-bond acceptors (Lipinski definition) is 8. The molecule has 3 aromatic heterocycles. The molecule has 0 saturated carbocycles. The molecule has 0 saturated heterocycles. The molecule has 4 aromatic rings. The van der Waals surface area contributed by atoms with Gasteiger partial charge in [0.15, 0.2) is 22.3 Å². The summed E-state index contributed by atoms with van der Waals surface area (Å²) in [6.45, 7) is 0. The number of ether oxygens (including phenoxy) is 2. The van der Waals surface area contributed by atoms with Gasteiger partial charge in [-0.05, 0) is 41.3 Å². The average Bonchev–Trinajstić information content (AvgIpc) is 3.61. The minimum Gasteiger partial charge on any atom is -0.493 e. The van der Waals surface area contributed by atoms with Crippen molar-refractivity contribution >= 4 is 40.4 Å². The maximum atomic E-state index is 13.3. The summed E-state index contributed by atoms with van der Waals surface area (Å²) in [6, 6.07) is 15.2. The van der Waals surface area contributed by atoms with Crippen LogP contribution in [0.1, 0.15) is 22.9 Å². The lowest BCUT2D eigenvalue weighted by atomic mass is 10.0. The van der Waals surface area contributed by atoms with E-state index in [1.165, 1.54) is 11.8 Å². The van der Waals surface area contributed by atoms with Crippen LogP contribution in [0.5, 0.6) is 11.5 Å². The van der Waals surface area contributed by atoms with Crippen LogP contribution in [0.15, 0.2) is 70.4 Å². The third kappa shape index (κ3) is 4.19. The van der Waals surface area contributed by atoms with Gasteiger partial charge in [0.2, 0.25) is 0 Å². The summed E-state index contributed by atoms with van der Waals surface area (Å²) in [5.74, 6) is 1.36. The van der Waals surface area contributed by atoms with E-state index in [1.807, 2.05) is 64.5 Å². The Morgan fingerprint density at radius 2 is 2.00 bits per heavy atom. The molecular formula is C23H21N5O3S2. The first-order valence-corrected chi connectivity index (χ1v) is 12.1. The van der Waals surface area contributed by atoms with E-state index in [-0.39, 0.29) is 17.7 Å². The third-order valence-corrected chi connectivity index (χ3v) is 7.22. The van der Waals surface area contributed by atoms with Crippen molar-refractivity contribution in [2.45, 2.75) is 17.6 Å². The summed E-state index contributed by atoms with van der Waals surface area (Å²) < 4.78 is 12.7. The van der Waals surface area contributed by atoms with Crippen molar-refractivity contribution in [3.05, 3.63) is 70.5 Å². The number of hydrazone groups is 1. The highest BCUT2D eigenvalue weighted by molar-refractivity contribution is 7.99. The monoisotopic (exact) mass is 479 g/mol. The molecule has 1 amide bonds. The number of hydrogen-bond donors (Lipinski definition) is 0. The van der Waals surface area contributed by atoms with Crippen LogP contribution >= 0.6 is 23.1 Å². The molecule has 0 fully saturated rings. The zero-order chi connectivity index (χ0) is 22.8. The Labute approximate surface area is 198 Å². The Hall–Kier alpha value is -3.37. The molecule has 0 spiro atoms. The maximum Gasteiger partial charge on any atom is 0.253 e. The second-order valence-electron chi connectivity index (χ2n) is 7.30. The summed E-state index contributed by atoms with van der Waals surface area (Å²) in [5.41, 5.74) is 2.58. The number of benzene rings is 1. The Balaban J connectivity index is 1.42. The molecule has 1 atom stereocenters. The number of aromatic nitrogens is 3. The van der Waals surface area contributed by atoms with Gasteiger partial charge in [-0.2, -0.15) is 5.10 Å². The molecule has 1 aromatic carbocycles. The van der Waals surface area contributed by atoms with Gasteiger partial charge in [-0.1, -0.05) is 30.0 Å². The number of carbonyl (C=O) groups excluding carboxylic acids is 1. The molecule has 168 valence electrons. The van der Waals surface area contributed by atoms with Gasteiger partial charge in [0.05, 0.1) is 36.6 Å². The first kappa shape index (κ1) is 21.5. The van der Waals surface area contributed by atoms with Crippen molar-refractivity contribution < 1.29 is 14.3 Å². The van der Waals surface area contributed by atoms with Gasteiger partial charge in [0.25, 0.3) is 5.91 Å². The van der Waals surface area contributed by atoms with Crippen molar-refractivity contribution in [3.63, 3.8) is 0 Å². The molecule has 1 aliphatic heterocycles. The van der Waals surface area contributed by atoms with E-state index in [1.54, 1.807) is 30.6 Å². The molecule has 0 radical (unpaired) electrons. The van der Waals surface area contributed by atoms with E-state index in [4.69, 9.17) is 14.6 Å². The highest BCUT2D eigenvalue weighted by Gasteiger charge is 2.34. The molecule has 33 heavy (non-hydrogen) atoms. The summed E-state index contributed by atoms with van der Waals surface area (Å²) in [6.07, 6.45) is 2.51. The first-order valence-electron chi connectivity index (χ1n) is 10.3. The number of thiophene rings is 1. The fourth-order valence-electron chi connectivity index (χ4n) is 3.76. The fraction of sp³-hybridized carbons (Fsp3) is 0.217. The molecule has 1 unspecified atom stereocenters. The molecule has 5 rings (SSSR count). The molecule has 8 nitrogen and oxygen atoms in total. The fourth-order valence-corrected chi connectivity index (χ4v) is 5.26. The van der Waals surface area contributed by atoms with Crippen molar-refractivity contribution in [3.8, 4) is 11.5 Å². The van der Waals surface area contributed by atoms with Crippen LogP contribution in [0.3, 0.4) is 0 Å². The van der Waals surface area contributed by atoms with Gasteiger partial charge >= 0.3 is 0 Å². The smallest absolute Gasteiger partial charge is 0.253 e. The summed E-state index contributed by atoms with van der Waals surface area (Å²) in [7, 11) is 3.21. The highest BCUT2D eigenvalue weighted by atomic mass is 32.2. The van der Waals surface area contributed by atoms with Crippen molar-refractivity contribution in [2.75, 3.05) is 20.0 Å². The quantitative estimate of drug-likeness (QED) is 0.368. The lowest BCUT2D eigenvalue weighted by Crippen LogP contribution is -2.28. The van der Waals surface area contributed by atoms with E-state index in [2.05, 4.69) is 10.2 Å².